The fourth-order valence-corrected chi connectivity index (χ4v) is 3.90. The molecular formula is C18H16N2O3S2. The molecule has 1 aromatic heterocycles. The molecule has 1 fully saturated rings. The number of carbonyl (C=O) groups is 3. The Morgan fingerprint density at radius 3 is 2.48 bits per heavy atom. The van der Waals surface area contributed by atoms with Gasteiger partial charge in [-0.15, -0.1) is 11.3 Å². The number of amides is 3. The van der Waals surface area contributed by atoms with E-state index in [0.29, 0.717) is 10.5 Å². The van der Waals surface area contributed by atoms with E-state index in [9.17, 15) is 14.4 Å². The molecule has 3 amide bonds. The molecule has 3 rings (SSSR count). The molecule has 25 heavy (non-hydrogen) atoms. The largest absolute Gasteiger partial charge is 0.334 e. The van der Waals surface area contributed by atoms with Crippen LogP contribution < -0.4 is 5.32 Å². The normalized spacial score (nSPS) is 16.8. The van der Waals surface area contributed by atoms with Crippen molar-refractivity contribution < 1.29 is 14.4 Å². The molecule has 0 bridgehead atoms. The van der Waals surface area contributed by atoms with E-state index >= 15 is 0 Å². The van der Waals surface area contributed by atoms with E-state index in [4.69, 9.17) is 0 Å². The first-order valence-corrected chi connectivity index (χ1v) is 9.31. The summed E-state index contributed by atoms with van der Waals surface area (Å²) in [5.74, 6) is -0.456. The molecule has 1 aliphatic heterocycles. The minimum Gasteiger partial charge on any atom is -0.334 e. The first-order valence-electron chi connectivity index (χ1n) is 7.61. The van der Waals surface area contributed by atoms with Crippen LogP contribution in [-0.2, 0) is 4.79 Å². The molecule has 2 heterocycles. The zero-order valence-corrected chi connectivity index (χ0v) is 15.3. The molecule has 1 aliphatic rings. The standard InChI is InChI=1S/C18H16N2O3S2/c1-11(14-4-3-9-24-14)20(2)17(22)13-7-5-12(6-8-13)10-15-16(21)19-18(23)25-15/h3-11H,1-2H3,(H,19,21,23)/b15-10-. The van der Waals surface area contributed by atoms with E-state index in [2.05, 4.69) is 5.32 Å². The number of benzene rings is 1. The lowest BCUT2D eigenvalue weighted by atomic mass is 10.1. The van der Waals surface area contributed by atoms with Gasteiger partial charge in [0.05, 0.1) is 10.9 Å². The summed E-state index contributed by atoms with van der Waals surface area (Å²) >= 11 is 2.50. The van der Waals surface area contributed by atoms with Crippen molar-refractivity contribution in [3.05, 3.63) is 62.7 Å². The SMILES string of the molecule is CC(c1cccs1)N(C)C(=O)c1ccc(/C=C2\SC(=O)NC2=O)cc1. The predicted molar refractivity (Wildman–Crippen MR) is 100 cm³/mol. The highest BCUT2D eigenvalue weighted by molar-refractivity contribution is 8.18. The monoisotopic (exact) mass is 372 g/mol. The Balaban J connectivity index is 1.73. The highest BCUT2D eigenvalue weighted by Crippen LogP contribution is 2.27. The van der Waals surface area contributed by atoms with Gasteiger partial charge in [-0.3, -0.25) is 19.7 Å². The van der Waals surface area contributed by atoms with Crippen molar-refractivity contribution >= 4 is 46.2 Å². The maximum atomic E-state index is 12.6. The highest BCUT2D eigenvalue weighted by Gasteiger charge is 2.25. The smallest absolute Gasteiger partial charge is 0.290 e. The van der Waals surface area contributed by atoms with Crippen LogP contribution in [0.3, 0.4) is 0 Å². The van der Waals surface area contributed by atoms with E-state index in [1.165, 1.54) is 0 Å². The van der Waals surface area contributed by atoms with Gasteiger partial charge in [-0.05, 0) is 53.9 Å². The first-order chi connectivity index (χ1) is 12.0. The lowest BCUT2D eigenvalue weighted by Crippen LogP contribution is -2.29. The summed E-state index contributed by atoms with van der Waals surface area (Å²) in [6.07, 6.45) is 1.64. The Labute approximate surface area is 153 Å². The molecule has 1 saturated heterocycles. The van der Waals surface area contributed by atoms with Crippen molar-refractivity contribution in [3.8, 4) is 0 Å². The summed E-state index contributed by atoms with van der Waals surface area (Å²) < 4.78 is 0. The Bertz CT molecular complexity index is 842. The molecule has 1 aromatic carbocycles. The number of thiophene rings is 1. The molecular weight excluding hydrogens is 356 g/mol. The van der Waals surface area contributed by atoms with Crippen molar-refractivity contribution in [2.45, 2.75) is 13.0 Å². The zero-order valence-electron chi connectivity index (χ0n) is 13.7. The number of carbonyl (C=O) groups excluding carboxylic acids is 3. The van der Waals surface area contributed by atoms with Gasteiger partial charge in [0.15, 0.2) is 0 Å². The van der Waals surface area contributed by atoms with Crippen molar-refractivity contribution in [1.82, 2.24) is 10.2 Å². The van der Waals surface area contributed by atoms with Crippen LogP contribution in [0, 0.1) is 0 Å². The summed E-state index contributed by atoms with van der Waals surface area (Å²) in [7, 11) is 1.79. The number of rotatable bonds is 4. The molecule has 2 aromatic rings. The highest BCUT2D eigenvalue weighted by atomic mass is 32.2. The minimum atomic E-state index is -0.389. The Morgan fingerprint density at radius 1 is 1.20 bits per heavy atom. The van der Waals surface area contributed by atoms with Crippen molar-refractivity contribution in [1.29, 1.82) is 0 Å². The second kappa shape index (κ2) is 7.25. The number of hydrogen-bond donors (Lipinski definition) is 1. The number of nitrogens with zero attached hydrogens (tertiary/aromatic N) is 1. The van der Waals surface area contributed by atoms with Crippen molar-refractivity contribution in [2.24, 2.45) is 0 Å². The Morgan fingerprint density at radius 2 is 1.92 bits per heavy atom. The van der Waals surface area contributed by atoms with Crippen LogP contribution in [0.5, 0.6) is 0 Å². The fraction of sp³-hybridized carbons (Fsp3) is 0.167. The molecule has 7 heteroatoms. The second-order valence-corrected chi connectivity index (χ2v) is 7.58. The van der Waals surface area contributed by atoms with E-state index in [1.807, 2.05) is 24.4 Å². The predicted octanol–water partition coefficient (Wildman–Crippen LogP) is 3.91. The third-order valence-corrected chi connectivity index (χ3v) is 5.81. The summed E-state index contributed by atoms with van der Waals surface area (Å²) in [4.78, 5) is 38.6. The van der Waals surface area contributed by atoms with E-state index < -0.39 is 0 Å². The van der Waals surface area contributed by atoms with E-state index in [1.54, 1.807) is 53.6 Å². The molecule has 0 saturated carbocycles. The van der Waals surface area contributed by atoms with Gasteiger partial charge in [-0.25, -0.2) is 0 Å². The third kappa shape index (κ3) is 3.83. The number of hydrogen-bond acceptors (Lipinski definition) is 5. The molecule has 1 N–H and O–H groups in total. The molecule has 0 radical (unpaired) electrons. The average molecular weight is 372 g/mol. The number of nitrogens with one attached hydrogen (secondary N) is 1. The molecule has 128 valence electrons. The fourth-order valence-electron chi connectivity index (χ4n) is 2.39. The van der Waals surface area contributed by atoms with Gasteiger partial charge < -0.3 is 4.90 Å². The van der Waals surface area contributed by atoms with Gasteiger partial charge in [0.2, 0.25) is 0 Å². The van der Waals surface area contributed by atoms with Crippen LogP contribution in [-0.4, -0.2) is 29.0 Å². The summed E-state index contributed by atoms with van der Waals surface area (Å²) in [6.45, 7) is 2.00. The van der Waals surface area contributed by atoms with Crippen LogP contribution in [0.1, 0.15) is 33.8 Å². The lowest BCUT2D eigenvalue weighted by Gasteiger charge is -2.24. The van der Waals surface area contributed by atoms with Gasteiger partial charge in [0, 0.05) is 17.5 Å². The first kappa shape index (κ1) is 17.4. The van der Waals surface area contributed by atoms with Gasteiger partial charge in [0.1, 0.15) is 0 Å². The summed E-state index contributed by atoms with van der Waals surface area (Å²) in [5.41, 5.74) is 1.34. The van der Waals surface area contributed by atoms with Crippen LogP contribution in [0.25, 0.3) is 6.08 Å². The van der Waals surface area contributed by atoms with Crippen molar-refractivity contribution in [3.63, 3.8) is 0 Å². The Kier molecular flexibility index (Phi) is 5.06. The number of thioether (sulfide) groups is 1. The quantitative estimate of drug-likeness (QED) is 0.827. The maximum Gasteiger partial charge on any atom is 0.290 e. The van der Waals surface area contributed by atoms with Crippen LogP contribution in [0.2, 0.25) is 0 Å². The van der Waals surface area contributed by atoms with Crippen molar-refractivity contribution in [2.75, 3.05) is 7.05 Å². The van der Waals surface area contributed by atoms with E-state index in [-0.39, 0.29) is 23.1 Å². The van der Waals surface area contributed by atoms with Crippen LogP contribution >= 0.6 is 23.1 Å². The van der Waals surface area contributed by atoms with Crippen LogP contribution in [0.4, 0.5) is 4.79 Å². The zero-order chi connectivity index (χ0) is 18.0. The van der Waals surface area contributed by atoms with Gasteiger partial charge >= 0.3 is 0 Å². The van der Waals surface area contributed by atoms with Gasteiger partial charge in [-0.1, -0.05) is 18.2 Å². The molecule has 1 atom stereocenters. The Hall–Kier alpha value is -2.38. The summed E-state index contributed by atoms with van der Waals surface area (Å²) in [6, 6.07) is 11.0. The molecule has 5 nitrogen and oxygen atoms in total. The number of imide groups is 1. The maximum absolute atomic E-state index is 12.6. The molecule has 1 unspecified atom stereocenters. The van der Waals surface area contributed by atoms with Gasteiger partial charge in [-0.2, -0.15) is 0 Å². The average Bonchev–Trinajstić information content (AvgIpc) is 3.24. The lowest BCUT2D eigenvalue weighted by molar-refractivity contribution is -0.115. The van der Waals surface area contributed by atoms with E-state index in [0.717, 1.165) is 22.2 Å². The molecule has 0 spiro atoms. The minimum absolute atomic E-state index is 0.00103. The van der Waals surface area contributed by atoms with Gasteiger partial charge in [0.25, 0.3) is 17.1 Å². The molecule has 0 aliphatic carbocycles. The topological polar surface area (TPSA) is 66.5 Å². The third-order valence-electron chi connectivity index (χ3n) is 3.95. The second-order valence-electron chi connectivity index (χ2n) is 5.58. The summed E-state index contributed by atoms with van der Waals surface area (Å²) in [5, 5.41) is 3.84. The van der Waals surface area contributed by atoms with Crippen LogP contribution in [0.15, 0.2) is 46.7 Å².